The Hall–Kier alpha value is -1.56. The van der Waals surface area contributed by atoms with Crippen LogP contribution in [0.3, 0.4) is 0 Å². The number of sulfonamides is 1. The fourth-order valence-electron chi connectivity index (χ4n) is 6.66. The number of rotatable bonds is 3. The van der Waals surface area contributed by atoms with E-state index in [9.17, 15) is 13.2 Å². The minimum absolute atomic E-state index is 0.0336. The van der Waals surface area contributed by atoms with Crippen LogP contribution in [0.15, 0.2) is 18.2 Å². The van der Waals surface area contributed by atoms with Crippen LogP contribution in [0.5, 0.6) is 0 Å². The molecule has 4 aliphatic carbocycles. The van der Waals surface area contributed by atoms with E-state index in [4.69, 9.17) is 0 Å². The molecule has 1 saturated heterocycles. The van der Waals surface area contributed by atoms with Gasteiger partial charge in [0.2, 0.25) is 10.0 Å². The summed E-state index contributed by atoms with van der Waals surface area (Å²) in [6, 6.07) is 5.51. The zero-order chi connectivity index (χ0) is 19.5. The summed E-state index contributed by atoms with van der Waals surface area (Å²) in [4.78, 5) is 13.2. The average molecular weight is 403 g/mol. The third kappa shape index (κ3) is 3.14. The van der Waals surface area contributed by atoms with Gasteiger partial charge in [-0.3, -0.25) is 9.10 Å². The van der Waals surface area contributed by atoms with Crippen molar-refractivity contribution in [2.24, 2.45) is 17.8 Å². The fraction of sp³-hybridized carbons (Fsp3) is 0.682. The van der Waals surface area contributed by atoms with E-state index >= 15 is 0 Å². The van der Waals surface area contributed by atoms with Crippen molar-refractivity contribution in [3.63, 3.8) is 0 Å². The first-order chi connectivity index (χ1) is 13.3. The van der Waals surface area contributed by atoms with Crippen molar-refractivity contribution in [1.82, 2.24) is 5.32 Å². The van der Waals surface area contributed by atoms with E-state index in [-0.39, 0.29) is 17.2 Å². The molecule has 28 heavy (non-hydrogen) atoms. The van der Waals surface area contributed by atoms with Gasteiger partial charge in [0.25, 0.3) is 5.91 Å². The topological polar surface area (TPSA) is 66.5 Å². The van der Waals surface area contributed by atoms with Gasteiger partial charge in [-0.25, -0.2) is 8.42 Å². The van der Waals surface area contributed by atoms with Crippen LogP contribution in [0.25, 0.3) is 0 Å². The number of nitrogens with zero attached hydrogens (tertiary/aromatic N) is 1. The zero-order valence-corrected chi connectivity index (χ0v) is 17.4. The molecule has 1 amide bonds. The Bertz CT molecular complexity index is 873. The van der Waals surface area contributed by atoms with E-state index in [1.165, 1.54) is 23.6 Å². The van der Waals surface area contributed by atoms with E-state index in [0.29, 0.717) is 24.2 Å². The van der Waals surface area contributed by atoms with E-state index < -0.39 is 10.0 Å². The molecular weight excluding hydrogens is 372 g/mol. The number of benzene rings is 1. The second kappa shape index (κ2) is 6.48. The number of anilines is 1. The first-order valence-electron chi connectivity index (χ1n) is 10.8. The lowest BCUT2D eigenvalue weighted by Gasteiger charge is -2.56. The molecule has 6 rings (SSSR count). The van der Waals surface area contributed by atoms with Gasteiger partial charge in [-0.05, 0) is 93.7 Å². The van der Waals surface area contributed by atoms with Crippen LogP contribution in [-0.2, 0) is 10.0 Å². The molecule has 1 N–H and O–H groups in total. The van der Waals surface area contributed by atoms with Gasteiger partial charge in [-0.15, -0.1) is 0 Å². The maximum atomic E-state index is 13.2. The quantitative estimate of drug-likeness (QED) is 0.840. The van der Waals surface area contributed by atoms with E-state index in [0.717, 1.165) is 49.0 Å². The summed E-state index contributed by atoms with van der Waals surface area (Å²) in [5.41, 5.74) is 2.11. The Balaban J connectivity index is 1.40. The molecule has 0 radical (unpaired) electrons. The highest BCUT2D eigenvalue weighted by Crippen LogP contribution is 2.55. The largest absolute Gasteiger partial charge is 0.347 e. The summed E-state index contributed by atoms with van der Waals surface area (Å²) >= 11 is 0. The first-order valence-corrected chi connectivity index (χ1v) is 12.4. The van der Waals surface area contributed by atoms with Gasteiger partial charge in [0, 0.05) is 17.6 Å². The molecule has 1 aromatic rings. The predicted molar refractivity (Wildman–Crippen MR) is 110 cm³/mol. The summed E-state index contributed by atoms with van der Waals surface area (Å²) < 4.78 is 26.6. The normalized spacial score (nSPS) is 35.8. The van der Waals surface area contributed by atoms with Gasteiger partial charge in [0.05, 0.1) is 11.4 Å². The van der Waals surface area contributed by atoms with Crippen LogP contribution in [0.1, 0.15) is 67.3 Å². The number of hydrogen-bond donors (Lipinski definition) is 1. The smallest absolute Gasteiger partial charge is 0.251 e. The maximum Gasteiger partial charge on any atom is 0.251 e. The van der Waals surface area contributed by atoms with E-state index in [2.05, 4.69) is 5.32 Å². The molecule has 0 atom stereocenters. The molecule has 5 fully saturated rings. The number of carbonyl (C=O) groups is 1. The molecule has 0 spiro atoms. The SMILES string of the molecule is Cc1ccc(C(=O)NC23CC4CC(CC(C4)C2)C3)cc1N1CCCCS1(=O)=O. The summed E-state index contributed by atoms with van der Waals surface area (Å²) in [5, 5.41) is 3.40. The molecule has 1 aliphatic heterocycles. The molecule has 5 aliphatic rings. The third-order valence-corrected chi connectivity index (χ3v) is 9.36. The summed E-state index contributed by atoms with van der Waals surface area (Å²) in [6.45, 7) is 2.42. The summed E-state index contributed by atoms with van der Waals surface area (Å²) in [6.07, 6.45) is 8.95. The fourth-order valence-corrected chi connectivity index (χ4v) is 8.35. The summed E-state index contributed by atoms with van der Waals surface area (Å²) in [7, 11) is -3.28. The molecule has 0 unspecified atom stereocenters. The van der Waals surface area contributed by atoms with Gasteiger partial charge in [0.15, 0.2) is 0 Å². The lowest BCUT2D eigenvalue weighted by molar-refractivity contribution is -0.0167. The van der Waals surface area contributed by atoms with E-state index in [1.807, 2.05) is 19.1 Å². The monoisotopic (exact) mass is 402 g/mol. The number of nitrogens with one attached hydrogen (secondary N) is 1. The molecule has 1 heterocycles. The van der Waals surface area contributed by atoms with Gasteiger partial charge < -0.3 is 5.32 Å². The van der Waals surface area contributed by atoms with Crippen LogP contribution in [-0.4, -0.2) is 32.2 Å². The second-order valence-electron chi connectivity index (χ2n) is 9.75. The summed E-state index contributed by atoms with van der Waals surface area (Å²) in [5.74, 6) is 2.48. The van der Waals surface area contributed by atoms with Crippen molar-refractivity contribution in [1.29, 1.82) is 0 Å². The predicted octanol–water partition coefficient (Wildman–Crippen LogP) is 3.62. The second-order valence-corrected chi connectivity index (χ2v) is 11.8. The Labute approximate surface area is 167 Å². The van der Waals surface area contributed by atoms with Crippen molar-refractivity contribution < 1.29 is 13.2 Å². The van der Waals surface area contributed by atoms with Crippen molar-refractivity contribution >= 4 is 21.6 Å². The molecular formula is C22H30N2O3S. The Morgan fingerprint density at radius 2 is 1.71 bits per heavy atom. The first kappa shape index (κ1) is 18.5. The molecule has 152 valence electrons. The van der Waals surface area contributed by atoms with Gasteiger partial charge in [0.1, 0.15) is 0 Å². The van der Waals surface area contributed by atoms with Crippen LogP contribution in [0.4, 0.5) is 5.69 Å². The minimum atomic E-state index is -3.28. The molecule has 4 bridgehead atoms. The molecule has 0 aromatic heterocycles. The number of carbonyl (C=O) groups excluding carboxylic acids is 1. The third-order valence-electron chi connectivity index (χ3n) is 7.51. The average Bonchev–Trinajstić information content (AvgIpc) is 2.60. The molecule has 6 heteroatoms. The van der Waals surface area contributed by atoms with Crippen molar-refractivity contribution in [3.8, 4) is 0 Å². The number of aryl methyl sites for hydroxylation is 1. The lowest BCUT2D eigenvalue weighted by atomic mass is 9.53. The lowest BCUT2D eigenvalue weighted by Crippen LogP contribution is -2.59. The van der Waals surface area contributed by atoms with Crippen molar-refractivity contribution in [2.75, 3.05) is 16.6 Å². The van der Waals surface area contributed by atoms with Gasteiger partial charge >= 0.3 is 0 Å². The molecule has 5 nitrogen and oxygen atoms in total. The van der Waals surface area contributed by atoms with Gasteiger partial charge in [-0.1, -0.05) is 6.07 Å². The highest BCUT2D eigenvalue weighted by molar-refractivity contribution is 7.92. The standard InChI is InChI=1S/C22H30N2O3S/c1-15-4-5-19(11-20(15)24-6-2-3-7-28(24,26)27)21(25)23-22-12-16-8-17(13-22)10-18(9-16)14-22/h4-5,11,16-18H,2-3,6-10,12-14H2,1H3,(H,23,25). The number of hydrogen-bond acceptors (Lipinski definition) is 3. The van der Waals surface area contributed by atoms with Crippen molar-refractivity contribution in [2.45, 2.75) is 63.8 Å². The highest BCUT2D eigenvalue weighted by Gasteiger charge is 2.51. The van der Waals surface area contributed by atoms with Crippen LogP contribution in [0.2, 0.25) is 0 Å². The Morgan fingerprint density at radius 3 is 2.32 bits per heavy atom. The van der Waals surface area contributed by atoms with Crippen LogP contribution in [0, 0.1) is 24.7 Å². The number of amides is 1. The Kier molecular flexibility index (Phi) is 4.27. The van der Waals surface area contributed by atoms with E-state index in [1.54, 1.807) is 6.07 Å². The van der Waals surface area contributed by atoms with Crippen LogP contribution < -0.4 is 9.62 Å². The van der Waals surface area contributed by atoms with Gasteiger partial charge in [-0.2, -0.15) is 0 Å². The van der Waals surface area contributed by atoms with Crippen molar-refractivity contribution in [3.05, 3.63) is 29.3 Å². The highest BCUT2D eigenvalue weighted by atomic mass is 32.2. The Morgan fingerprint density at radius 1 is 1.07 bits per heavy atom. The zero-order valence-electron chi connectivity index (χ0n) is 16.6. The molecule has 4 saturated carbocycles. The minimum Gasteiger partial charge on any atom is -0.347 e. The molecule has 1 aromatic carbocycles. The maximum absolute atomic E-state index is 13.2. The van der Waals surface area contributed by atoms with Crippen LogP contribution >= 0.6 is 0 Å².